The van der Waals surface area contributed by atoms with Gasteiger partial charge in [0.15, 0.2) is 0 Å². The lowest BCUT2D eigenvalue weighted by atomic mass is 10.0. The van der Waals surface area contributed by atoms with E-state index >= 15 is 0 Å². The van der Waals surface area contributed by atoms with E-state index in [9.17, 15) is 4.79 Å². The van der Waals surface area contributed by atoms with Crippen molar-refractivity contribution < 1.29 is 9.53 Å². The number of carbonyl (C=O) groups is 1. The fraction of sp³-hybridized carbons (Fsp3) is 0.250. The Balaban J connectivity index is 1.45. The lowest BCUT2D eigenvalue weighted by Crippen LogP contribution is -2.42. The number of nitrogens with zero attached hydrogens (tertiary/aromatic N) is 1. The number of amides is 2. The van der Waals surface area contributed by atoms with Crippen molar-refractivity contribution in [2.24, 2.45) is 0 Å². The number of hydrogen-bond acceptors (Lipinski definition) is 2. The maximum atomic E-state index is 12.6. The third-order valence-electron chi connectivity index (χ3n) is 4.85. The number of rotatable bonds is 3. The molecule has 26 heavy (non-hydrogen) atoms. The van der Waals surface area contributed by atoms with Crippen molar-refractivity contribution in [3.63, 3.8) is 0 Å². The number of halogens is 1. The summed E-state index contributed by atoms with van der Waals surface area (Å²) in [6, 6.07) is 13.9. The van der Waals surface area contributed by atoms with Gasteiger partial charge in [-0.15, -0.1) is 0 Å². The zero-order chi connectivity index (χ0) is 18.1. The highest BCUT2D eigenvalue weighted by Gasteiger charge is 2.24. The van der Waals surface area contributed by atoms with Gasteiger partial charge in [-0.05, 0) is 39.7 Å². The van der Waals surface area contributed by atoms with Crippen LogP contribution in [0.3, 0.4) is 0 Å². The SMILES string of the molecule is COc1ccc(CNC(=O)N2CCc3[nH]c4c(Br)cccc4c3C2)cc1. The molecule has 2 aromatic carbocycles. The summed E-state index contributed by atoms with van der Waals surface area (Å²) in [5.41, 5.74) is 4.60. The van der Waals surface area contributed by atoms with Gasteiger partial charge in [-0.3, -0.25) is 0 Å². The second kappa shape index (κ2) is 7.03. The van der Waals surface area contributed by atoms with E-state index in [1.54, 1.807) is 7.11 Å². The van der Waals surface area contributed by atoms with Crippen LogP contribution in [0.4, 0.5) is 4.79 Å². The first-order valence-corrected chi connectivity index (χ1v) is 9.38. The molecule has 2 N–H and O–H groups in total. The number of benzene rings is 2. The second-order valence-corrected chi connectivity index (χ2v) is 7.28. The topological polar surface area (TPSA) is 57.4 Å². The number of fused-ring (bicyclic) bond motifs is 3. The van der Waals surface area contributed by atoms with Crippen LogP contribution < -0.4 is 10.1 Å². The predicted molar refractivity (Wildman–Crippen MR) is 105 cm³/mol. The first-order chi connectivity index (χ1) is 12.7. The Morgan fingerprint density at radius 2 is 2.08 bits per heavy atom. The number of aromatic amines is 1. The first-order valence-electron chi connectivity index (χ1n) is 8.59. The van der Waals surface area contributed by atoms with Crippen molar-refractivity contribution in [1.82, 2.24) is 15.2 Å². The monoisotopic (exact) mass is 413 g/mol. The minimum absolute atomic E-state index is 0.0317. The molecule has 0 aliphatic carbocycles. The molecule has 0 atom stereocenters. The third-order valence-corrected chi connectivity index (χ3v) is 5.51. The average molecular weight is 414 g/mol. The molecule has 1 aliphatic rings. The maximum absolute atomic E-state index is 12.6. The zero-order valence-electron chi connectivity index (χ0n) is 14.5. The number of hydrogen-bond donors (Lipinski definition) is 2. The van der Waals surface area contributed by atoms with Crippen LogP contribution in [0.1, 0.15) is 16.8 Å². The molecule has 0 saturated carbocycles. The standard InChI is InChI=1S/C20H20BrN3O2/c1-26-14-7-5-13(6-8-14)11-22-20(25)24-10-9-18-16(12-24)15-3-2-4-17(21)19(15)23-18/h2-8,23H,9-12H2,1H3,(H,22,25). The molecule has 3 aromatic rings. The van der Waals surface area contributed by atoms with E-state index in [0.29, 0.717) is 19.6 Å². The number of carbonyl (C=O) groups excluding carboxylic acids is 1. The van der Waals surface area contributed by atoms with E-state index in [-0.39, 0.29) is 6.03 Å². The molecule has 0 saturated heterocycles. The Hall–Kier alpha value is -2.47. The molecule has 2 heterocycles. The highest BCUT2D eigenvalue weighted by molar-refractivity contribution is 9.10. The van der Waals surface area contributed by atoms with E-state index in [2.05, 4.69) is 32.3 Å². The smallest absolute Gasteiger partial charge is 0.317 e. The lowest BCUT2D eigenvalue weighted by Gasteiger charge is -2.27. The molecular weight excluding hydrogens is 394 g/mol. The van der Waals surface area contributed by atoms with Crippen LogP contribution in [0.5, 0.6) is 5.75 Å². The zero-order valence-corrected chi connectivity index (χ0v) is 16.1. The molecule has 0 bridgehead atoms. The fourth-order valence-electron chi connectivity index (χ4n) is 3.41. The molecular formula is C20H20BrN3O2. The molecule has 1 aliphatic heterocycles. The Labute approximate surface area is 160 Å². The summed E-state index contributed by atoms with van der Waals surface area (Å²) in [5.74, 6) is 0.814. The number of nitrogens with one attached hydrogen (secondary N) is 2. The molecule has 2 amide bonds. The summed E-state index contributed by atoms with van der Waals surface area (Å²) in [5, 5.41) is 4.20. The molecule has 0 fully saturated rings. The van der Waals surface area contributed by atoms with Crippen LogP contribution in [-0.2, 0) is 19.5 Å². The average Bonchev–Trinajstić information content (AvgIpc) is 3.06. The van der Waals surface area contributed by atoms with E-state index in [0.717, 1.165) is 27.7 Å². The van der Waals surface area contributed by atoms with E-state index < -0.39 is 0 Å². The number of aromatic nitrogens is 1. The van der Waals surface area contributed by atoms with Crippen LogP contribution >= 0.6 is 15.9 Å². The summed E-state index contributed by atoms with van der Waals surface area (Å²) in [6.45, 7) is 1.84. The summed E-state index contributed by atoms with van der Waals surface area (Å²) in [7, 11) is 1.64. The van der Waals surface area contributed by atoms with Gasteiger partial charge in [-0.2, -0.15) is 0 Å². The number of H-pyrrole nitrogens is 1. The maximum Gasteiger partial charge on any atom is 0.317 e. The first kappa shape index (κ1) is 17.0. The van der Waals surface area contributed by atoms with Crippen molar-refractivity contribution in [3.05, 3.63) is 63.8 Å². The van der Waals surface area contributed by atoms with E-state index in [4.69, 9.17) is 4.74 Å². The van der Waals surface area contributed by atoms with Crippen molar-refractivity contribution in [1.29, 1.82) is 0 Å². The molecule has 134 valence electrons. The summed E-state index contributed by atoms with van der Waals surface area (Å²) < 4.78 is 6.21. The summed E-state index contributed by atoms with van der Waals surface area (Å²) in [4.78, 5) is 18.0. The molecule has 1 aromatic heterocycles. The van der Waals surface area contributed by atoms with E-state index in [1.165, 1.54) is 16.6 Å². The van der Waals surface area contributed by atoms with Gasteiger partial charge in [0.2, 0.25) is 0 Å². The van der Waals surface area contributed by atoms with Crippen molar-refractivity contribution in [2.75, 3.05) is 13.7 Å². The number of para-hydroxylation sites is 1. The second-order valence-electron chi connectivity index (χ2n) is 6.42. The predicted octanol–water partition coefficient (Wildman–Crippen LogP) is 4.21. The largest absolute Gasteiger partial charge is 0.497 e. The van der Waals surface area contributed by atoms with Gasteiger partial charge in [-0.1, -0.05) is 24.3 Å². The minimum atomic E-state index is -0.0317. The highest BCUT2D eigenvalue weighted by atomic mass is 79.9. The molecule has 4 rings (SSSR count). The Bertz CT molecular complexity index is 950. The van der Waals surface area contributed by atoms with Gasteiger partial charge in [-0.25, -0.2) is 4.79 Å². The fourth-order valence-corrected chi connectivity index (χ4v) is 3.87. The Kier molecular flexibility index (Phi) is 4.59. The van der Waals surface area contributed by atoms with E-state index in [1.807, 2.05) is 41.3 Å². The van der Waals surface area contributed by atoms with Crippen molar-refractivity contribution >= 4 is 32.9 Å². The third kappa shape index (κ3) is 3.17. The van der Waals surface area contributed by atoms with Crippen LogP contribution in [0.2, 0.25) is 0 Å². The Morgan fingerprint density at radius 3 is 2.85 bits per heavy atom. The van der Waals surface area contributed by atoms with Gasteiger partial charge >= 0.3 is 6.03 Å². The highest BCUT2D eigenvalue weighted by Crippen LogP contribution is 2.31. The summed E-state index contributed by atoms with van der Waals surface area (Å²) in [6.07, 6.45) is 0.840. The van der Waals surface area contributed by atoms with Crippen LogP contribution in [0.15, 0.2) is 46.9 Å². The molecule has 0 radical (unpaired) electrons. The molecule has 5 nitrogen and oxygen atoms in total. The van der Waals surface area contributed by atoms with Gasteiger partial charge < -0.3 is 19.9 Å². The minimum Gasteiger partial charge on any atom is -0.497 e. The van der Waals surface area contributed by atoms with Crippen molar-refractivity contribution in [2.45, 2.75) is 19.5 Å². The number of urea groups is 1. The normalized spacial score (nSPS) is 13.5. The molecule has 6 heteroatoms. The molecule has 0 spiro atoms. The van der Waals surface area contributed by atoms with Gasteiger partial charge in [0.1, 0.15) is 5.75 Å². The van der Waals surface area contributed by atoms with Gasteiger partial charge in [0.05, 0.1) is 12.6 Å². The quantitative estimate of drug-likeness (QED) is 0.675. The van der Waals surface area contributed by atoms with Gasteiger partial charge in [0.25, 0.3) is 0 Å². The molecule has 0 unspecified atom stereocenters. The number of methoxy groups -OCH3 is 1. The van der Waals surface area contributed by atoms with Crippen LogP contribution in [-0.4, -0.2) is 29.6 Å². The van der Waals surface area contributed by atoms with Crippen LogP contribution in [0.25, 0.3) is 10.9 Å². The lowest BCUT2D eigenvalue weighted by molar-refractivity contribution is 0.192. The Morgan fingerprint density at radius 1 is 1.27 bits per heavy atom. The van der Waals surface area contributed by atoms with Gasteiger partial charge in [0, 0.05) is 47.2 Å². The number of ether oxygens (including phenoxy) is 1. The van der Waals surface area contributed by atoms with Crippen molar-refractivity contribution in [3.8, 4) is 5.75 Å². The van der Waals surface area contributed by atoms with Crippen LogP contribution in [0, 0.1) is 0 Å². The summed E-state index contributed by atoms with van der Waals surface area (Å²) >= 11 is 3.60.